The van der Waals surface area contributed by atoms with E-state index in [4.69, 9.17) is 4.74 Å². The molecule has 1 aliphatic rings. The van der Waals surface area contributed by atoms with E-state index in [2.05, 4.69) is 20.0 Å². The zero-order valence-corrected chi connectivity index (χ0v) is 16.8. The van der Waals surface area contributed by atoms with E-state index in [0.717, 1.165) is 18.3 Å². The van der Waals surface area contributed by atoms with Gasteiger partial charge in [0.2, 0.25) is 5.96 Å². The molecule has 0 saturated heterocycles. The maximum atomic E-state index is 14.6. The number of aromatic nitrogens is 1. The van der Waals surface area contributed by atoms with E-state index >= 15 is 0 Å². The van der Waals surface area contributed by atoms with Gasteiger partial charge in [0.15, 0.2) is 11.6 Å². The molecule has 31 heavy (non-hydrogen) atoms. The number of hydrogen-bond donors (Lipinski definition) is 2. The van der Waals surface area contributed by atoms with Crippen LogP contribution in [0.25, 0.3) is 0 Å². The normalized spacial score (nSPS) is 15.7. The van der Waals surface area contributed by atoms with Gasteiger partial charge < -0.3 is 10.1 Å². The highest BCUT2D eigenvalue weighted by atomic mass is 32.2. The lowest BCUT2D eigenvalue weighted by molar-refractivity contribution is 0.440. The number of aryl methyl sites for hydroxylation is 1. The first-order chi connectivity index (χ1) is 14.7. The average Bonchev–Trinajstić information content (AvgIpc) is 2.70. The van der Waals surface area contributed by atoms with Crippen molar-refractivity contribution in [2.75, 3.05) is 5.32 Å². The molecule has 2 heterocycles. The van der Waals surface area contributed by atoms with Crippen LogP contribution in [-0.4, -0.2) is 19.4 Å². The minimum absolute atomic E-state index is 0.159. The maximum Gasteiger partial charge on any atom is 0.266 e. The molecule has 1 aliphatic heterocycles. The van der Waals surface area contributed by atoms with Gasteiger partial charge in [-0.1, -0.05) is 18.2 Å². The Kier molecular flexibility index (Phi) is 5.27. The van der Waals surface area contributed by atoms with Crippen LogP contribution in [0.5, 0.6) is 11.5 Å². The van der Waals surface area contributed by atoms with Gasteiger partial charge >= 0.3 is 0 Å². The number of benzene rings is 2. The van der Waals surface area contributed by atoms with Crippen molar-refractivity contribution in [3.8, 4) is 11.5 Å². The Morgan fingerprint density at radius 1 is 1.10 bits per heavy atom. The SMILES string of the molecule is Cc1ccccc1Oc1c(F)ccc2c1NC(=NCc1ncc(F)cc1F)NS2(=O)=O. The van der Waals surface area contributed by atoms with Crippen LogP contribution >= 0.6 is 0 Å². The molecule has 0 atom stereocenters. The van der Waals surface area contributed by atoms with Gasteiger partial charge in [0.25, 0.3) is 10.0 Å². The molecule has 0 aliphatic carbocycles. The minimum Gasteiger partial charge on any atom is -0.452 e. The number of guanidine groups is 1. The van der Waals surface area contributed by atoms with E-state index in [1.807, 2.05) is 0 Å². The van der Waals surface area contributed by atoms with Gasteiger partial charge in [0.1, 0.15) is 28.0 Å². The van der Waals surface area contributed by atoms with Crippen molar-refractivity contribution < 1.29 is 26.3 Å². The number of hydrogen-bond acceptors (Lipinski definition) is 5. The number of nitrogens with one attached hydrogen (secondary N) is 2. The first-order valence-electron chi connectivity index (χ1n) is 8.95. The summed E-state index contributed by atoms with van der Waals surface area (Å²) in [7, 11) is -4.12. The Morgan fingerprint density at radius 2 is 1.87 bits per heavy atom. The minimum atomic E-state index is -4.12. The van der Waals surface area contributed by atoms with Gasteiger partial charge in [-0.25, -0.2) is 31.3 Å². The number of aliphatic imine (C=N–C) groups is 1. The summed E-state index contributed by atoms with van der Waals surface area (Å²) in [5.74, 6) is -2.87. The Bertz CT molecular complexity index is 1310. The lowest BCUT2D eigenvalue weighted by Gasteiger charge is -2.24. The molecule has 0 saturated carbocycles. The average molecular weight is 448 g/mol. The molecule has 2 N–H and O–H groups in total. The summed E-state index contributed by atoms with van der Waals surface area (Å²) < 4.78 is 74.5. The highest BCUT2D eigenvalue weighted by molar-refractivity contribution is 7.90. The van der Waals surface area contributed by atoms with Gasteiger partial charge in [-0.3, -0.25) is 4.98 Å². The number of fused-ring (bicyclic) bond motifs is 1. The molecule has 0 fully saturated rings. The van der Waals surface area contributed by atoms with Crippen LogP contribution in [-0.2, 0) is 16.6 Å². The number of anilines is 1. The summed E-state index contributed by atoms with van der Waals surface area (Å²) in [5, 5.41) is 2.67. The fraction of sp³-hybridized carbons (Fsp3) is 0.100. The van der Waals surface area contributed by atoms with Crippen LogP contribution in [0.3, 0.4) is 0 Å². The van der Waals surface area contributed by atoms with E-state index in [-0.39, 0.29) is 28.0 Å². The summed E-state index contributed by atoms with van der Waals surface area (Å²) >= 11 is 0. The molecule has 0 bridgehead atoms. The summed E-state index contributed by atoms with van der Waals surface area (Å²) in [6.45, 7) is 1.36. The molecule has 1 aromatic heterocycles. The number of sulfonamides is 1. The van der Waals surface area contributed by atoms with Gasteiger partial charge in [0.05, 0.1) is 18.4 Å². The van der Waals surface area contributed by atoms with Gasteiger partial charge in [0, 0.05) is 6.07 Å². The number of halogens is 3. The smallest absolute Gasteiger partial charge is 0.266 e. The van der Waals surface area contributed by atoms with Crippen molar-refractivity contribution in [3.63, 3.8) is 0 Å². The van der Waals surface area contributed by atoms with E-state index in [1.165, 1.54) is 0 Å². The third-order valence-electron chi connectivity index (χ3n) is 4.41. The van der Waals surface area contributed by atoms with E-state index < -0.39 is 34.0 Å². The summed E-state index contributed by atoms with van der Waals surface area (Å²) in [5.41, 5.74) is 0.354. The molecule has 3 aromatic rings. The van der Waals surface area contributed by atoms with Gasteiger partial charge in [-0.2, -0.15) is 0 Å². The van der Waals surface area contributed by atoms with Crippen molar-refractivity contribution in [2.24, 2.45) is 4.99 Å². The lowest BCUT2D eigenvalue weighted by atomic mass is 10.2. The molecule has 160 valence electrons. The largest absolute Gasteiger partial charge is 0.452 e. The molecule has 2 aromatic carbocycles. The van der Waals surface area contributed by atoms with E-state index in [1.54, 1.807) is 31.2 Å². The molecule has 0 amide bonds. The molecule has 4 rings (SSSR count). The third kappa shape index (κ3) is 4.17. The van der Waals surface area contributed by atoms with Gasteiger partial charge in [-0.05, 0) is 30.7 Å². The molecule has 7 nitrogen and oxygen atoms in total. The Morgan fingerprint density at radius 3 is 2.61 bits per heavy atom. The number of rotatable bonds is 4. The number of nitrogens with zero attached hydrogens (tertiary/aromatic N) is 2. The van der Waals surface area contributed by atoms with Crippen LogP contribution in [0.15, 0.2) is 58.5 Å². The molecule has 0 unspecified atom stereocenters. The maximum absolute atomic E-state index is 14.6. The molecule has 11 heteroatoms. The monoisotopic (exact) mass is 448 g/mol. The lowest BCUT2D eigenvalue weighted by Crippen LogP contribution is -2.41. The van der Waals surface area contributed by atoms with E-state index in [0.29, 0.717) is 17.4 Å². The summed E-state index contributed by atoms with van der Waals surface area (Å²) in [4.78, 5) is 7.29. The van der Waals surface area contributed by atoms with Crippen molar-refractivity contribution in [1.29, 1.82) is 0 Å². The molecule has 0 spiro atoms. The van der Waals surface area contributed by atoms with E-state index in [9.17, 15) is 21.6 Å². The topological polar surface area (TPSA) is 92.7 Å². The van der Waals surface area contributed by atoms with Crippen LogP contribution in [0, 0.1) is 24.4 Å². The zero-order chi connectivity index (χ0) is 22.2. The Hall–Kier alpha value is -3.60. The molecular formula is C20H15F3N4O3S. The quantitative estimate of drug-likeness (QED) is 0.632. The van der Waals surface area contributed by atoms with Crippen LogP contribution < -0.4 is 14.8 Å². The highest BCUT2D eigenvalue weighted by Crippen LogP contribution is 2.39. The fourth-order valence-electron chi connectivity index (χ4n) is 2.87. The number of ether oxygens (including phenoxy) is 1. The van der Waals surface area contributed by atoms with Crippen molar-refractivity contribution in [2.45, 2.75) is 18.4 Å². The standard InChI is InChI=1S/C20H15F3N4O3S/c1-11-4-2-3-5-16(11)30-19-13(22)6-7-17-18(19)26-20(27-31(17,28)29)25-10-15-14(23)8-12(21)9-24-15/h2-9H,10H2,1H3,(H2,25,26,27). The summed E-state index contributed by atoms with van der Waals surface area (Å²) in [6, 6.07) is 9.54. The second kappa shape index (κ2) is 7.91. The van der Waals surface area contributed by atoms with Crippen molar-refractivity contribution in [3.05, 3.63) is 77.4 Å². The zero-order valence-electron chi connectivity index (χ0n) is 16.0. The summed E-state index contributed by atoms with van der Waals surface area (Å²) in [6.07, 6.45) is 0.815. The first-order valence-corrected chi connectivity index (χ1v) is 10.4. The van der Waals surface area contributed by atoms with Crippen LogP contribution in [0.1, 0.15) is 11.3 Å². The van der Waals surface area contributed by atoms with Gasteiger partial charge in [-0.15, -0.1) is 0 Å². The highest BCUT2D eigenvalue weighted by Gasteiger charge is 2.31. The fourth-order valence-corrected chi connectivity index (χ4v) is 4.01. The Balaban J connectivity index is 1.72. The van der Waals surface area contributed by atoms with Crippen molar-refractivity contribution in [1.82, 2.24) is 9.71 Å². The molecular weight excluding hydrogens is 433 g/mol. The predicted octanol–water partition coefficient (Wildman–Crippen LogP) is 3.86. The number of para-hydroxylation sites is 1. The van der Waals surface area contributed by atoms with Crippen LogP contribution in [0.4, 0.5) is 18.9 Å². The third-order valence-corrected chi connectivity index (χ3v) is 5.79. The second-order valence-electron chi connectivity index (χ2n) is 6.59. The first kappa shape index (κ1) is 20.7. The Labute approximate surface area is 175 Å². The second-order valence-corrected chi connectivity index (χ2v) is 8.25. The van der Waals surface area contributed by atoms with Crippen LogP contribution in [0.2, 0.25) is 0 Å². The molecule has 0 radical (unpaired) electrons. The van der Waals surface area contributed by atoms with Crippen molar-refractivity contribution >= 4 is 21.7 Å². The predicted molar refractivity (Wildman–Crippen MR) is 107 cm³/mol. The number of pyridine rings is 1.